The molecular formula is C24H24N4O4. The quantitative estimate of drug-likeness (QED) is 0.621. The number of nitrogens with zero attached hydrogens (tertiary/aromatic N) is 4. The third-order valence-corrected chi connectivity index (χ3v) is 6.12. The zero-order valence-electron chi connectivity index (χ0n) is 17.9. The van der Waals surface area contributed by atoms with Gasteiger partial charge in [-0.1, -0.05) is 30.3 Å². The van der Waals surface area contributed by atoms with Crippen molar-refractivity contribution >= 4 is 28.3 Å². The van der Waals surface area contributed by atoms with E-state index in [0.29, 0.717) is 35.3 Å². The lowest BCUT2D eigenvalue weighted by molar-refractivity contribution is -0.139. The number of carbonyl (C=O) groups is 2. The molecule has 0 aliphatic carbocycles. The first-order valence-electron chi connectivity index (χ1n) is 10.9. The molecule has 164 valence electrons. The summed E-state index contributed by atoms with van der Waals surface area (Å²) in [4.78, 5) is 42.8. The van der Waals surface area contributed by atoms with Crippen LogP contribution in [0.2, 0.25) is 0 Å². The highest BCUT2D eigenvalue weighted by Crippen LogP contribution is 2.35. The average molecular weight is 432 g/mol. The number of piperidine rings is 1. The average Bonchev–Trinajstić information content (AvgIpc) is 2.85. The summed E-state index contributed by atoms with van der Waals surface area (Å²) >= 11 is 0. The van der Waals surface area contributed by atoms with Gasteiger partial charge in [0.15, 0.2) is 11.8 Å². The molecule has 0 saturated carbocycles. The molecule has 1 unspecified atom stereocenters. The number of fused-ring (bicyclic) bond motifs is 2. The smallest absolute Gasteiger partial charge is 0.279 e. The minimum atomic E-state index is -0.786. The highest BCUT2D eigenvalue weighted by atomic mass is 16.5. The molecule has 2 amide bonds. The van der Waals surface area contributed by atoms with Gasteiger partial charge in [-0.25, -0.2) is 4.68 Å². The van der Waals surface area contributed by atoms with Gasteiger partial charge >= 0.3 is 0 Å². The van der Waals surface area contributed by atoms with Gasteiger partial charge in [-0.15, -0.1) is 0 Å². The Morgan fingerprint density at radius 2 is 1.66 bits per heavy atom. The van der Waals surface area contributed by atoms with Gasteiger partial charge in [0.2, 0.25) is 0 Å². The zero-order chi connectivity index (χ0) is 22.2. The number of para-hydroxylation sites is 2. The molecule has 32 heavy (non-hydrogen) atoms. The first-order valence-corrected chi connectivity index (χ1v) is 10.9. The fourth-order valence-corrected chi connectivity index (χ4v) is 4.46. The highest BCUT2D eigenvalue weighted by Gasteiger charge is 2.37. The van der Waals surface area contributed by atoms with E-state index in [2.05, 4.69) is 5.10 Å². The third-order valence-electron chi connectivity index (χ3n) is 6.12. The van der Waals surface area contributed by atoms with Crippen LogP contribution in [0.3, 0.4) is 0 Å². The first-order chi connectivity index (χ1) is 15.5. The van der Waals surface area contributed by atoms with E-state index in [0.717, 1.165) is 19.3 Å². The third kappa shape index (κ3) is 3.41. The van der Waals surface area contributed by atoms with Crippen LogP contribution < -0.4 is 15.2 Å². The SMILES string of the molecule is Cn1nc(C(=O)N2CC(C(=O)N3CCCCC3)Oc3ccccc32)c2ccccc2c1=O. The summed E-state index contributed by atoms with van der Waals surface area (Å²) in [7, 11) is 1.53. The van der Waals surface area contributed by atoms with Gasteiger partial charge < -0.3 is 9.64 Å². The largest absolute Gasteiger partial charge is 0.476 e. The van der Waals surface area contributed by atoms with Crippen molar-refractivity contribution in [2.45, 2.75) is 25.4 Å². The monoisotopic (exact) mass is 432 g/mol. The molecule has 8 heteroatoms. The van der Waals surface area contributed by atoms with Crippen LogP contribution in [0.1, 0.15) is 29.8 Å². The van der Waals surface area contributed by atoms with Gasteiger partial charge in [0.05, 0.1) is 17.6 Å². The molecule has 2 aromatic carbocycles. The van der Waals surface area contributed by atoms with Crippen molar-refractivity contribution in [3.8, 4) is 5.75 Å². The molecule has 8 nitrogen and oxygen atoms in total. The van der Waals surface area contributed by atoms with Crippen molar-refractivity contribution in [2.24, 2.45) is 7.05 Å². The highest BCUT2D eigenvalue weighted by molar-refractivity contribution is 6.13. The normalized spacial score (nSPS) is 18.2. The number of aryl methyl sites for hydroxylation is 1. The molecule has 5 rings (SSSR count). The number of ether oxygens (including phenoxy) is 1. The summed E-state index contributed by atoms with van der Waals surface area (Å²) < 4.78 is 7.21. The Kier molecular flexibility index (Phi) is 5.13. The van der Waals surface area contributed by atoms with Crippen LogP contribution in [0.4, 0.5) is 5.69 Å². The maximum atomic E-state index is 13.8. The van der Waals surface area contributed by atoms with E-state index >= 15 is 0 Å². The van der Waals surface area contributed by atoms with Crippen molar-refractivity contribution < 1.29 is 14.3 Å². The Morgan fingerprint density at radius 1 is 0.969 bits per heavy atom. The summed E-state index contributed by atoms with van der Waals surface area (Å²) in [6, 6.07) is 14.1. The van der Waals surface area contributed by atoms with E-state index in [1.54, 1.807) is 41.3 Å². The van der Waals surface area contributed by atoms with E-state index in [1.807, 2.05) is 17.0 Å². The topological polar surface area (TPSA) is 84.7 Å². The van der Waals surface area contributed by atoms with Crippen LogP contribution in [0.5, 0.6) is 5.75 Å². The Bertz CT molecular complexity index is 1260. The van der Waals surface area contributed by atoms with Crippen molar-refractivity contribution in [1.82, 2.24) is 14.7 Å². The summed E-state index contributed by atoms with van der Waals surface area (Å²) in [5, 5.41) is 5.20. The summed E-state index contributed by atoms with van der Waals surface area (Å²) in [6.45, 7) is 1.51. The number of rotatable bonds is 2. The first kappa shape index (κ1) is 20.2. The Morgan fingerprint density at radius 3 is 2.44 bits per heavy atom. The minimum Gasteiger partial charge on any atom is -0.476 e. The Labute approximate surface area is 185 Å². The number of likely N-dealkylation sites (tertiary alicyclic amines) is 1. The zero-order valence-corrected chi connectivity index (χ0v) is 17.9. The molecule has 0 spiro atoms. The van der Waals surface area contributed by atoms with Gasteiger partial charge in [-0.05, 0) is 37.5 Å². The number of hydrogen-bond acceptors (Lipinski definition) is 5. The predicted molar refractivity (Wildman–Crippen MR) is 120 cm³/mol. The molecule has 1 atom stereocenters. The van der Waals surface area contributed by atoms with Crippen LogP contribution in [0, 0.1) is 0 Å². The summed E-state index contributed by atoms with van der Waals surface area (Å²) in [5.74, 6) is 0.0101. The van der Waals surface area contributed by atoms with Crippen LogP contribution in [-0.2, 0) is 11.8 Å². The van der Waals surface area contributed by atoms with E-state index in [1.165, 1.54) is 11.7 Å². The van der Waals surface area contributed by atoms with Gasteiger partial charge in [0.1, 0.15) is 5.75 Å². The van der Waals surface area contributed by atoms with Crippen molar-refractivity contribution in [3.05, 3.63) is 64.6 Å². The van der Waals surface area contributed by atoms with E-state index in [-0.39, 0.29) is 29.6 Å². The fraction of sp³-hybridized carbons (Fsp3) is 0.333. The van der Waals surface area contributed by atoms with Crippen LogP contribution in [-0.4, -0.2) is 52.2 Å². The molecule has 1 aromatic heterocycles. The second-order valence-corrected chi connectivity index (χ2v) is 8.20. The van der Waals surface area contributed by atoms with E-state index < -0.39 is 6.10 Å². The lowest BCUT2D eigenvalue weighted by Crippen LogP contribution is -2.53. The minimum absolute atomic E-state index is 0.0873. The lowest BCUT2D eigenvalue weighted by atomic mass is 10.1. The number of anilines is 1. The maximum absolute atomic E-state index is 13.8. The van der Waals surface area contributed by atoms with Crippen molar-refractivity contribution in [2.75, 3.05) is 24.5 Å². The van der Waals surface area contributed by atoms with Crippen LogP contribution >= 0.6 is 0 Å². The van der Waals surface area contributed by atoms with Gasteiger partial charge in [-0.2, -0.15) is 5.10 Å². The molecule has 3 aromatic rings. The molecular weight excluding hydrogens is 408 g/mol. The number of aromatic nitrogens is 2. The maximum Gasteiger partial charge on any atom is 0.279 e. The number of hydrogen-bond donors (Lipinski definition) is 0. The predicted octanol–water partition coefficient (Wildman–Crippen LogP) is 2.35. The second kappa shape index (κ2) is 8.11. The lowest BCUT2D eigenvalue weighted by Gasteiger charge is -2.37. The van der Waals surface area contributed by atoms with Crippen LogP contribution in [0.25, 0.3) is 10.8 Å². The Balaban J connectivity index is 1.55. The standard InChI is InChI=1S/C24H24N4O4/c1-26-22(29)17-10-4-3-9-16(17)21(25-26)24(31)28-15-20(23(30)27-13-7-2-8-14-27)32-19-12-6-5-11-18(19)28/h3-6,9-12,20H,2,7-8,13-15H2,1H3. The van der Waals surface area contributed by atoms with Gasteiger partial charge in [-0.3, -0.25) is 19.3 Å². The molecule has 0 bridgehead atoms. The second-order valence-electron chi connectivity index (χ2n) is 8.20. The molecule has 1 fully saturated rings. The Hall–Kier alpha value is -3.68. The molecule has 2 aliphatic heterocycles. The number of benzene rings is 2. The number of amides is 2. The number of carbonyl (C=O) groups excluding carboxylic acids is 2. The molecule has 3 heterocycles. The van der Waals surface area contributed by atoms with Gasteiger partial charge in [0.25, 0.3) is 17.4 Å². The molecule has 0 radical (unpaired) electrons. The van der Waals surface area contributed by atoms with Crippen molar-refractivity contribution in [3.63, 3.8) is 0 Å². The van der Waals surface area contributed by atoms with Crippen LogP contribution in [0.15, 0.2) is 53.3 Å². The van der Waals surface area contributed by atoms with E-state index in [9.17, 15) is 14.4 Å². The summed E-state index contributed by atoms with van der Waals surface area (Å²) in [5.41, 5.74) is 0.487. The molecule has 0 N–H and O–H groups in total. The molecule has 2 aliphatic rings. The molecule has 1 saturated heterocycles. The fourth-order valence-electron chi connectivity index (χ4n) is 4.46. The van der Waals surface area contributed by atoms with Crippen molar-refractivity contribution in [1.29, 1.82) is 0 Å². The summed E-state index contributed by atoms with van der Waals surface area (Å²) in [6.07, 6.45) is 2.29. The van der Waals surface area contributed by atoms with E-state index in [4.69, 9.17) is 4.74 Å². The van der Waals surface area contributed by atoms with Gasteiger partial charge in [0, 0.05) is 25.5 Å².